The van der Waals surface area contributed by atoms with Crippen LogP contribution in [-0.4, -0.2) is 41.8 Å². The Labute approximate surface area is 104 Å². The second-order valence-electron chi connectivity index (χ2n) is 5.37. The van der Waals surface area contributed by atoms with Crippen molar-refractivity contribution < 1.29 is 9.90 Å². The molecule has 1 aliphatic rings. The number of urea groups is 1. The van der Waals surface area contributed by atoms with Gasteiger partial charge >= 0.3 is 6.03 Å². The van der Waals surface area contributed by atoms with Crippen LogP contribution in [0.2, 0.25) is 0 Å². The van der Waals surface area contributed by atoms with Crippen LogP contribution >= 0.6 is 0 Å². The van der Waals surface area contributed by atoms with Gasteiger partial charge in [0.15, 0.2) is 0 Å². The van der Waals surface area contributed by atoms with Gasteiger partial charge in [-0.3, -0.25) is 0 Å². The Morgan fingerprint density at radius 2 is 1.82 bits per heavy atom. The maximum Gasteiger partial charge on any atom is 0.317 e. The molecule has 1 rings (SSSR count). The van der Waals surface area contributed by atoms with Crippen LogP contribution in [0.4, 0.5) is 4.79 Å². The molecule has 0 aromatic carbocycles. The number of amides is 2. The summed E-state index contributed by atoms with van der Waals surface area (Å²) in [6.45, 7) is 6.21. The van der Waals surface area contributed by atoms with E-state index < -0.39 is 6.10 Å². The first-order valence-corrected chi connectivity index (χ1v) is 6.80. The zero-order valence-corrected chi connectivity index (χ0v) is 11.1. The summed E-state index contributed by atoms with van der Waals surface area (Å²) in [5.41, 5.74) is 0. The topological polar surface area (TPSA) is 52.6 Å². The van der Waals surface area contributed by atoms with Gasteiger partial charge in [0.2, 0.25) is 0 Å². The molecule has 0 saturated carbocycles. The van der Waals surface area contributed by atoms with Crippen molar-refractivity contribution in [3.63, 3.8) is 0 Å². The third-order valence-corrected chi connectivity index (χ3v) is 3.13. The third kappa shape index (κ3) is 5.91. The van der Waals surface area contributed by atoms with Gasteiger partial charge in [-0.05, 0) is 25.2 Å². The van der Waals surface area contributed by atoms with Gasteiger partial charge < -0.3 is 15.3 Å². The van der Waals surface area contributed by atoms with Gasteiger partial charge in [0.1, 0.15) is 0 Å². The number of carbonyl (C=O) groups is 1. The Morgan fingerprint density at radius 3 is 2.35 bits per heavy atom. The molecule has 4 heteroatoms. The van der Waals surface area contributed by atoms with E-state index >= 15 is 0 Å². The molecule has 1 fully saturated rings. The van der Waals surface area contributed by atoms with Crippen LogP contribution in [0.15, 0.2) is 0 Å². The molecule has 2 amide bonds. The monoisotopic (exact) mass is 242 g/mol. The zero-order valence-electron chi connectivity index (χ0n) is 11.1. The molecule has 0 bridgehead atoms. The summed E-state index contributed by atoms with van der Waals surface area (Å²) in [4.78, 5) is 13.7. The number of nitrogens with zero attached hydrogens (tertiary/aromatic N) is 1. The van der Waals surface area contributed by atoms with Crippen LogP contribution in [-0.2, 0) is 0 Å². The van der Waals surface area contributed by atoms with E-state index in [1.807, 2.05) is 4.90 Å². The molecule has 1 unspecified atom stereocenters. The van der Waals surface area contributed by atoms with Gasteiger partial charge in [-0.2, -0.15) is 0 Å². The number of likely N-dealkylation sites (tertiary alicyclic amines) is 1. The first-order valence-electron chi connectivity index (χ1n) is 6.80. The SMILES string of the molecule is CC(C)CC(O)CNC(=O)N1CCCCCC1. The summed E-state index contributed by atoms with van der Waals surface area (Å²) in [6, 6.07) is -0.0188. The van der Waals surface area contributed by atoms with Gasteiger partial charge in [-0.25, -0.2) is 4.79 Å². The average molecular weight is 242 g/mol. The summed E-state index contributed by atoms with van der Waals surface area (Å²) in [5, 5.41) is 12.5. The number of aliphatic hydroxyl groups is 1. The smallest absolute Gasteiger partial charge is 0.317 e. The van der Waals surface area contributed by atoms with E-state index in [1.54, 1.807) is 0 Å². The van der Waals surface area contributed by atoms with E-state index in [-0.39, 0.29) is 6.03 Å². The van der Waals surface area contributed by atoms with Crippen LogP contribution in [0.1, 0.15) is 46.0 Å². The van der Waals surface area contributed by atoms with Crippen LogP contribution in [0.5, 0.6) is 0 Å². The standard InChI is InChI=1S/C13H26N2O2/c1-11(2)9-12(16)10-14-13(17)15-7-5-3-4-6-8-15/h11-12,16H,3-10H2,1-2H3,(H,14,17). The summed E-state index contributed by atoms with van der Waals surface area (Å²) in [5.74, 6) is 0.458. The molecule has 0 radical (unpaired) electrons. The molecule has 1 heterocycles. The molecular formula is C13H26N2O2. The van der Waals surface area contributed by atoms with Crippen molar-refractivity contribution in [3.8, 4) is 0 Å². The maximum atomic E-state index is 11.8. The normalized spacial score (nSPS) is 18.9. The summed E-state index contributed by atoms with van der Waals surface area (Å²) < 4.78 is 0. The van der Waals surface area contributed by atoms with Crippen molar-refractivity contribution in [1.29, 1.82) is 0 Å². The number of rotatable bonds is 4. The predicted octanol–water partition coefficient (Wildman–Crippen LogP) is 1.98. The van der Waals surface area contributed by atoms with E-state index in [0.29, 0.717) is 12.5 Å². The van der Waals surface area contributed by atoms with E-state index in [9.17, 15) is 9.90 Å². The molecular weight excluding hydrogens is 216 g/mol. The van der Waals surface area contributed by atoms with Gasteiger partial charge in [0.25, 0.3) is 0 Å². The second kappa shape index (κ2) is 7.54. The lowest BCUT2D eigenvalue weighted by atomic mass is 10.1. The molecule has 1 aliphatic heterocycles. The van der Waals surface area contributed by atoms with Crippen molar-refractivity contribution in [3.05, 3.63) is 0 Å². The second-order valence-corrected chi connectivity index (χ2v) is 5.37. The van der Waals surface area contributed by atoms with Crippen molar-refractivity contribution >= 4 is 6.03 Å². The van der Waals surface area contributed by atoms with Crippen molar-refractivity contribution in [2.24, 2.45) is 5.92 Å². The molecule has 0 spiro atoms. The Hall–Kier alpha value is -0.770. The molecule has 0 aromatic rings. The number of nitrogens with one attached hydrogen (secondary N) is 1. The molecule has 17 heavy (non-hydrogen) atoms. The molecule has 4 nitrogen and oxygen atoms in total. The molecule has 100 valence electrons. The van der Waals surface area contributed by atoms with Crippen LogP contribution in [0.25, 0.3) is 0 Å². The summed E-state index contributed by atoms with van der Waals surface area (Å²) >= 11 is 0. The lowest BCUT2D eigenvalue weighted by molar-refractivity contribution is 0.141. The highest BCUT2D eigenvalue weighted by Crippen LogP contribution is 2.09. The summed E-state index contributed by atoms with van der Waals surface area (Å²) in [7, 11) is 0. The number of hydrogen-bond acceptors (Lipinski definition) is 2. The van der Waals surface area contributed by atoms with E-state index in [1.165, 1.54) is 12.8 Å². The highest BCUT2D eigenvalue weighted by atomic mass is 16.3. The molecule has 2 N–H and O–H groups in total. The van der Waals surface area contributed by atoms with E-state index in [4.69, 9.17) is 0 Å². The van der Waals surface area contributed by atoms with E-state index in [2.05, 4.69) is 19.2 Å². The highest BCUT2D eigenvalue weighted by molar-refractivity contribution is 5.74. The highest BCUT2D eigenvalue weighted by Gasteiger charge is 2.16. The largest absolute Gasteiger partial charge is 0.391 e. The molecule has 1 saturated heterocycles. The molecule has 0 aromatic heterocycles. The molecule has 0 aliphatic carbocycles. The Kier molecular flexibility index (Phi) is 6.34. The first kappa shape index (κ1) is 14.3. The number of carbonyl (C=O) groups excluding carboxylic acids is 1. The van der Waals surface area contributed by atoms with Crippen molar-refractivity contribution in [1.82, 2.24) is 10.2 Å². The van der Waals surface area contributed by atoms with Crippen molar-refractivity contribution in [2.75, 3.05) is 19.6 Å². The fraction of sp³-hybridized carbons (Fsp3) is 0.923. The third-order valence-electron chi connectivity index (χ3n) is 3.13. The summed E-state index contributed by atoms with van der Waals surface area (Å²) in [6.07, 6.45) is 4.95. The Morgan fingerprint density at radius 1 is 1.24 bits per heavy atom. The van der Waals surface area contributed by atoms with Gasteiger partial charge in [0.05, 0.1) is 6.10 Å². The minimum Gasteiger partial charge on any atom is -0.391 e. The van der Waals surface area contributed by atoms with E-state index in [0.717, 1.165) is 32.4 Å². The number of hydrogen-bond donors (Lipinski definition) is 2. The van der Waals surface area contributed by atoms with Gasteiger partial charge in [-0.15, -0.1) is 0 Å². The Balaban J connectivity index is 2.23. The van der Waals surface area contributed by atoms with Crippen LogP contribution in [0.3, 0.4) is 0 Å². The first-order chi connectivity index (χ1) is 8.09. The number of aliphatic hydroxyl groups excluding tert-OH is 1. The van der Waals surface area contributed by atoms with Crippen LogP contribution in [0, 0.1) is 5.92 Å². The average Bonchev–Trinajstić information content (AvgIpc) is 2.53. The fourth-order valence-electron chi connectivity index (χ4n) is 2.22. The lowest BCUT2D eigenvalue weighted by Gasteiger charge is -2.22. The zero-order chi connectivity index (χ0) is 12.7. The quantitative estimate of drug-likeness (QED) is 0.792. The van der Waals surface area contributed by atoms with Crippen molar-refractivity contribution in [2.45, 2.75) is 52.1 Å². The molecule has 1 atom stereocenters. The Bertz CT molecular complexity index is 223. The van der Waals surface area contributed by atoms with Gasteiger partial charge in [-0.1, -0.05) is 26.7 Å². The van der Waals surface area contributed by atoms with Gasteiger partial charge in [0, 0.05) is 19.6 Å². The minimum atomic E-state index is -0.425. The lowest BCUT2D eigenvalue weighted by Crippen LogP contribution is -2.43. The minimum absolute atomic E-state index is 0.0188. The van der Waals surface area contributed by atoms with Crippen LogP contribution < -0.4 is 5.32 Å². The maximum absolute atomic E-state index is 11.8. The fourth-order valence-corrected chi connectivity index (χ4v) is 2.22. The predicted molar refractivity (Wildman–Crippen MR) is 68.9 cm³/mol.